The molecule has 0 fully saturated rings. The summed E-state index contributed by atoms with van der Waals surface area (Å²) in [5, 5.41) is 5.67. The SMILES string of the molecule is Cc1ccc2nc(-c3cccs3)c(Nc3ccc(C(C)C)cc3)n2c1. The van der Waals surface area contributed by atoms with Crippen molar-refractivity contribution in [2.45, 2.75) is 26.7 Å². The molecule has 1 N–H and O–H groups in total. The number of aromatic nitrogens is 2. The first-order valence-electron chi connectivity index (χ1n) is 8.51. The van der Waals surface area contributed by atoms with Crippen molar-refractivity contribution in [1.82, 2.24) is 9.38 Å². The lowest BCUT2D eigenvalue weighted by Gasteiger charge is -2.11. The molecule has 0 saturated carbocycles. The summed E-state index contributed by atoms with van der Waals surface area (Å²) in [7, 11) is 0. The average Bonchev–Trinajstić information content (AvgIpc) is 3.24. The topological polar surface area (TPSA) is 29.3 Å². The van der Waals surface area contributed by atoms with E-state index in [2.05, 4.69) is 90.6 Å². The summed E-state index contributed by atoms with van der Waals surface area (Å²) in [4.78, 5) is 6.02. The minimum atomic E-state index is 0.536. The first-order chi connectivity index (χ1) is 12.1. The Morgan fingerprint density at radius 2 is 1.84 bits per heavy atom. The molecular formula is C21H21N3S. The average molecular weight is 347 g/mol. The molecule has 0 saturated heterocycles. The molecule has 25 heavy (non-hydrogen) atoms. The molecule has 3 aromatic heterocycles. The summed E-state index contributed by atoms with van der Waals surface area (Å²) in [6.07, 6.45) is 2.13. The molecule has 0 amide bonds. The molecule has 4 rings (SSSR count). The third kappa shape index (κ3) is 3.05. The predicted octanol–water partition coefficient (Wildman–Crippen LogP) is 6.24. The number of rotatable bonds is 4. The van der Waals surface area contributed by atoms with Crippen LogP contribution in [0.15, 0.2) is 60.1 Å². The zero-order chi connectivity index (χ0) is 17.4. The third-order valence-electron chi connectivity index (χ3n) is 4.36. The predicted molar refractivity (Wildman–Crippen MR) is 107 cm³/mol. The first kappa shape index (κ1) is 15.9. The Balaban J connectivity index is 1.81. The van der Waals surface area contributed by atoms with Crippen LogP contribution in [0.5, 0.6) is 0 Å². The van der Waals surface area contributed by atoms with Crippen LogP contribution in [0.4, 0.5) is 11.5 Å². The van der Waals surface area contributed by atoms with E-state index < -0.39 is 0 Å². The molecule has 1 aromatic carbocycles. The van der Waals surface area contributed by atoms with Gasteiger partial charge in [-0.15, -0.1) is 11.3 Å². The molecule has 0 spiro atoms. The maximum absolute atomic E-state index is 4.85. The number of nitrogens with one attached hydrogen (secondary N) is 1. The second kappa shape index (κ2) is 6.37. The zero-order valence-corrected chi connectivity index (χ0v) is 15.5. The van der Waals surface area contributed by atoms with Gasteiger partial charge in [-0.1, -0.05) is 38.1 Å². The highest BCUT2D eigenvalue weighted by Crippen LogP contribution is 2.34. The van der Waals surface area contributed by atoms with Crippen molar-refractivity contribution in [1.29, 1.82) is 0 Å². The zero-order valence-electron chi connectivity index (χ0n) is 14.7. The van der Waals surface area contributed by atoms with Gasteiger partial charge in [0.15, 0.2) is 0 Å². The molecule has 3 heterocycles. The molecule has 4 aromatic rings. The molecule has 0 unspecified atom stereocenters. The highest BCUT2D eigenvalue weighted by Gasteiger charge is 2.15. The van der Waals surface area contributed by atoms with Gasteiger partial charge in [0.2, 0.25) is 0 Å². The fourth-order valence-corrected chi connectivity index (χ4v) is 3.66. The number of nitrogens with zero attached hydrogens (tertiary/aromatic N) is 2. The van der Waals surface area contributed by atoms with Crippen molar-refractivity contribution in [2.24, 2.45) is 0 Å². The molecule has 3 nitrogen and oxygen atoms in total. The van der Waals surface area contributed by atoms with Gasteiger partial charge < -0.3 is 5.32 Å². The van der Waals surface area contributed by atoms with Crippen LogP contribution in [0.25, 0.3) is 16.2 Å². The maximum Gasteiger partial charge on any atom is 0.144 e. The van der Waals surface area contributed by atoms with E-state index in [-0.39, 0.29) is 0 Å². The largest absolute Gasteiger partial charge is 0.339 e. The normalized spacial score (nSPS) is 11.4. The van der Waals surface area contributed by atoms with Crippen molar-refractivity contribution in [3.05, 3.63) is 71.2 Å². The van der Waals surface area contributed by atoms with E-state index in [1.54, 1.807) is 11.3 Å². The molecule has 4 heteroatoms. The third-order valence-corrected chi connectivity index (χ3v) is 5.24. The lowest BCUT2D eigenvalue weighted by molar-refractivity contribution is 0.867. The first-order valence-corrected chi connectivity index (χ1v) is 9.39. The number of anilines is 2. The van der Waals surface area contributed by atoms with E-state index in [1.165, 1.54) is 16.0 Å². The molecule has 0 atom stereocenters. The smallest absolute Gasteiger partial charge is 0.144 e. The minimum Gasteiger partial charge on any atom is -0.339 e. The fourth-order valence-electron chi connectivity index (χ4n) is 2.94. The molecule has 0 bridgehead atoms. The second-order valence-electron chi connectivity index (χ2n) is 6.62. The number of aryl methyl sites for hydroxylation is 1. The summed E-state index contributed by atoms with van der Waals surface area (Å²) in [6.45, 7) is 6.53. The lowest BCUT2D eigenvalue weighted by Crippen LogP contribution is -1.97. The van der Waals surface area contributed by atoms with Crippen molar-refractivity contribution in [2.75, 3.05) is 5.32 Å². The van der Waals surface area contributed by atoms with Crippen LogP contribution in [-0.2, 0) is 0 Å². The van der Waals surface area contributed by atoms with Crippen LogP contribution in [0.3, 0.4) is 0 Å². The molecule has 126 valence electrons. The molecule has 0 aliphatic rings. The fraction of sp³-hybridized carbons (Fsp3) is 0.190. The summed E-state index contributed by atoms with van der Waals surface area (Å²) in [5.41, 5.74) is 5.58. The Bertz CT molecular complexity index is 996. The lowest BCUT2D eigenvalue weighted by atomic mass is 10.0. The van der Waals surface area contributed by atoms with Gasteiger partial charge in [-0.2, -0.15) is 0 Å². The van der Waals surface area contributed by atoms with Crippen LogP contribution in [0, 0.1) is 6.92 Å². The van der Waals surface area contributed by atoms with Gasteiger partial charge in [0.25, 0.3) is 0 Å². The van der Waals surface area contributed by atoms with Gasteiger partial charge in [0, 0.05) is 11.9 Å². The van der Waals surface area contributed by atoms with Gasteiger partial charge in [0.05, 0.1) is 4.88 Å². The Kier molecular flexibility index (Phi) is 4.06. The van der Waals surface area contributed by atoms with Gasteiger partial charge in [-0.05, 0) is 53.6 Å². The monoisotopic (exact) mass is 347 g/mol. The van der Waals surface area contributed by atoms with Gasteiger partial charge in [0.1, 0.15) is 17.2 Å². The van der Waals surface area contributed by atoms with E-state index in [1.807, 2.05) is 0 Å². The molecule has 0 aliphatic heterocycles. The van der Waals surface area contributed by atoms with Gasteiger partial charge >= 0.3 is 0 Å². The number of benzene rings is 1. The van der Waals surface area contributed by atoms with Crippen LogP contribution in [-0.4, -0.2) is 9.38 Å². The number of thiophene rings is 1. The Morgan fingerprint density at radius 1 is 1.04 bits per heavy atom. The number of imidazole rings is 1. The number of pyridine rings is 1. The second-order valence-corrected chi connectivity index (χ2v) is 7.57. The van der Waals surface area contributed by atoms with Crippen LogP contribution >= 0.6 is 11.3 Å². The Hall–Kier alpha value is -2.59. The van der Waals surface area contributed by atoms with Crippen molar-refractivity contribution in [3.63, 3.8) is 0 Å². The highest BCUT2D eigenvalue weighted by molar-refractivity contribution is 7.13. The number of hydrogen-bond donors (Lipinski definition) is 1. The molecule has 0 aliphatic carbocycles. The van der Waals surface area contributed by atoms with E-state index >= 15 is 0 Å². The quantitative estimate of drug-likeness (QED) is 0.473. The summed E-state index contributed by atoms with van der Waals surface area (Å²) < 4.78 is 2.14. The van der Waals surface area contributed by atoms with Crippen LogP contribution in [0.2, 0.25) is 0 Å². The standard InChI is InChI=1S/C21H21N3S/c1-14(2)16-7-9-17(10-8-16)22-21-20(18-5-4-12-25-18)23-19-11-6-15(3)13-24(19)21/h4-14,22H,1-3H3. The van der Waals surface area contributed by atoms with E-state index in [0.29, 0.717) is 5.92 Å². The van der Waals surface area contributed by atoms with Gasteiger partial charge in [-0.25, -0.2) is 4.98 Å². The van der Waals surface area contributed by atoms with Crippen LogP contribution < -0.4 is 5.32 Å². The maximum atomic E-state index is 4.85. The van der Waals surface area contributed by atoms with Crippen molar-refractivity contribution < 1.29 is 0 Å². The highest BCUT2D eigenvalue weighted by atomic mass is 32.1. The van der Waals surface area contributed by atoms with E-state index in [4.69, 9.17) is 4.98 Å². The van der Waals surface area contributed by atoms with E-state index in [9.17, 15) is 0 Å². The molecule has 0 radical (unpaired) electrons. The number of fused-ring (bicyclic) bond motifs is 1. The van der Waals surface area contributed by atoms with Crippen molar-refractivity contribution >= 4 is 28.5 Å². The van der Waals surface area contributed by atoms with E-state index in [0.717, 1.165) is 22.8 Å². The van der Waals surface area contributed by atoms with Crippen LogP contribution in [0.1, 0.15) is 30.9 Å². The summed E-state index contributed by atoms with van der Waals surface area (Å²) in [6, 6.07) is 17.0. The minimum absolute atomic E-state index is 0.536. The van der Waals surface area contributed by atoms with Gasteiger partial charge in [-0.3, -0.25) is 4.40 Å². The molecular weight excluding hydrogens is 326 g/mol. The Morgan fingerprint density at radius 3 is 2.52 bits per heavy atom. The summed E-state index contributed by atoms with van der Waals surface area (Å²) in [5.74, 6) is 1.55. The Labute approximate surface area is 152 Å². The summed E-state index contributed by atoms with van der Waals surface area (Å²) >= 11 is 1.71. The number of hydrogen-bond acceptors (Lipinski definition) is 3. The van der Waals surface area contributed by atoms with Crippen molar-refractivity contribution in [3.8, 4) is 10.6 Å².